The van der Waals surface area contributed by atoms with E-state index in [1.807, 2.05) is 36.4 Å². The quantitative estimate of drug-likeness (QED) is 0.688. The lowest BCUT2D eigenvalue weighted by Gasteiger charge is -2.04. The Morgan fingerprint density at radius 3 is 2.43 bits per heavy atom. The number of nitrogens with zero attached hydrogens (tertiary/aromatic N) is 1. The molecule has 0 saturated carbocycles. The first-order valence-corrected chi connectivity index (χ1v) is 4.93. The predicted octanol–water partition coefficient (Wildman–Crippen LogP) is 3.41. The van der Waals surface area contributed by atoms with Gasteiger partial charge in [0.25, 0.3) is 0 Å². The van der Waals surface area contributed by atoms with Gasteiger partial charge in [-0.25, -0.2) is 0 Å². The van der Waals surface area contributed by atoms with E-state index in [2.05, 4.69) is 6.07 Å². The van der Waals surface area contributed by atoms with Crippen LogP contribution in [0.1, 0.15) is 11.1 Å². The first-order chi connectivity index (χ1) is 6.86. The largest absolute Gasteiger partial charge is 0.192 e. The van der Waals surface area contributed by atoms with E-state index >= 15 is 0 Å². The zero-order valence-electron chi connectivity index (χ0n) is 7.53. The molecule has 0 saturated heterocycles. The van der Waals surface area contributed by atoms with Gasteiger partial charge in [0.1, 0.15) is 0 Å². The first kappa shape index (κ1) is 9.11. The van der Waals surface area contributed by atoms with Crippen LogP contribution in [-0.2, 0) is 5.75 Å². The van der Waals surface area contributed by atoms with Crippen LogP contribution in [-0.4, -0.2) is 0 Å². The van der Waals surface area contributed by atoms with E-state index in [1.54, 1.807) is 0 Å². The van der Waals surface area contributed by atoms with Crippen molar-refractivity contribution in [3.8, 4) is 6.07 Å². The molecule has 0 aliphatic heterocycles. The van der Waals surface area contributed by atoms with E-state index in [-0.39, 0.29) is 0 Å². The molecule has 1 nitrogen and oxygen atoms in total. The normalized spacial score (nSPS) is 10.0. The Morgan fingerprint density at radius 1 is 1.07 bits per heavy atom. The van der Waals surface area contributed by atoms with Crippen molar-refractivity contribution in [2.24, 2.45) is 0 Å². The van der Waals surface area contributed by atoms with Crippen molar-refractivity contribution in [2.75, 3.05) is 0 Å². The molecule has 0 atom stereocenters. The second-order valence-corrected chi connectivity index (χ2v) is 3.36. The molecule has 2 aromatic rings. The van der Waals surface area contributed by atoms with Gasteiger partial charge in [0.15, 0.2) is 0 Å². The molecule has 2 heteroatoms. The molecule has 0 aromatic heterocycles. The second-order valence-electron chi connectivity index (χ2n) is 3.07. The van der Waals surface area contributed by atoms with Gasteiger partial charge < -0.3 is 0 Å². The zero-order valence-corrected chi connectivity index (χ0v) is 8.34. The minimum Gasteiger partial charge on any atom is -0.192 e. The molecule has 0 aliphatic carbocycles. The SMILES string of the molecule is N#Cc1ccc(C[S])c2ccccc12. The van der Waals surface area contributed by atoms with Crippen LogP contribution in [0, 0.1) is 11.3 Å². The van der Waals surface area contributed by atoms with Crippen molar-refractivity contribution >= 4 is 23.4 Å². The van der Waals surface area contributed by atoms with E-state index in [4.69, 9.17) is 17.9 Å². The molecule has 0 N–H and O–H groups in total. The average Bonchev–Trinajstić information content (AvgIpc) is 2.27. The monoisotopic (exact) mass is 198 g/mol. The van der Waals surface area contributed by atoms with Gasteiger partial charge in [-0.1, -0.05) is 43.0 Å². The number of nitriles is 1. The molecule has 2 rings (SSSR count). The highest BCUT2D eigenvalue weighted by Gasteiger charge is 2.03. The highest BCUT2D eigenvalue weighted by Crippen LogP contribution is 2.23. The Labute approximate surface area is 88.4 Å². The number of hydrogen-bond acceptors (Lipinski definition) is 1. The summed E-state index contributed by atoms with van der Waals surface area (Å²) in [6.45, 7) is 0. The van der Waals surface area contributed by atoms with E-state index in [0.29, 0.717) is 11.3 Å². The molecular formula is C12H8NS. The summed E-state index contributed by atoms with van der Waals surface area (Å²) in [5.41, 5.74) is 1.84. The van der Waals surface area contributed by atoms with Crippen molar-refractivity contribution in [1.29, 1.82) is 5.26 Å². The van der Waals surface area contributed by atoms with Gasteiger partial charge in [0.2, 0.25) is 0 Å². The fraction of sp³-hybridized carbons (Fsp3) is 0.0833. The zero-order chi connectivity index (χ0) is 9.97. The van der Waals surface area contributed by atoms with E-state index in [9.17, 15) is 0 Å². The van der Waals surface area contributed by atoms with Crippen LogP contribution >= 0.6 is 12.6 Å². The average molecular weight is 198 g/mol. The molecule has 0 unspecified atom stereocenters. The standard InChI is InChI=1S/C12H8NS/c13-7-9-5-6-10(8-14)12-4-2-1-3-11(9)12/h1-6H,8H2. The minimum absolute atomic E-state index is 0.590. The van der Waals surface area contributed by atoms with Crippen molar-refractivity contribution in [3.05, 3.63) is 47.5 Å². The van der Waals surface area contributed by atoms with E-state index in [1.165, 1.54) is 0 Å². The maximum absolute atomic E-state index is 8.92. The number of benzene rings is 2. The molecule has 0 heterocycles. The Kier molecular flexibility index (Phi) is 2.43. The van der Waals surface area contributed by atoms with Gasteiger partial charge >= 0.3 is 0 Å². The highest BCUT2D eigenvalue weighted by atomic mass is 32.1. The Balaban J connectivity index is 2.87. The lowest BCUT2D eigenvalue weighted by molar-refractivity contribution is 1.45. The Bertz CT molecular complexity index is 511. The molecule has 67 valence electrons. The van der Waals surface area contributed by atoms with Crippen molar-refractivity contribution in [2.45, 2.75) is 5.75 Å². The van der Waals surface area contributed by atoms with Crippen LogP contribution in [0.4, 0.5) is 0 Å². The van der Waals surface area contributed by atoms with Crippen LogP contribution in [0.5, 0.6) is 0 Å². The molecule has 0 aliphatic rings. The molecule has 0 spiro atoms. The fourth-order valence-corrected chi connectivity index (χ4v) is 1.84. The molecule has 14 heavy (non-hydrogen) atoms. The summed E-state index contributed by atoms with van der Waals surface area (Å²) in [7, 11) is 0. The van der Waals surface area contributed by atoms with Crippen LogP contribution < -0.4 is 0 Å². The van der Waals surface area contributed by atoms with Crippen LogP contribution in [0.25, 0.3) is 10.8 Å². The first-order valence-electron chi connectivity index (χ1n) is 4.35. The molecule has 0 fully saturated rings. The maximum Gasteiger partial charge on any atom is 0.0998 e. The molecule has 0 amide bonds. The summed E-state index contributed by atoms with van der Waals surface area (Å²) in [5, 5.41) is 11.0. The van der Waals surface area contributed by atoms with Crippen LogP contribution in [0.15, 0.2) is 36.4 Å². The third-order valence-electron chi connectivity index (χ3n) is 2.29. The highest BCUT2D eigenvalue weighted by molar-refractivity contribution is 7.79. The molecule has 1 radical (unpaired) electrons. The van der Waals surface area contributed by atoms with Crippen LogP contribution in [0.3, 0.4) is 0 Å². The lowest BCUT2D eigenvalue weighted by atomic mass is 10.0. The van der Waals surface area contributed by atoms with Gasteiger partial charge in [-0.3, -0.25) is 0 Å². The number of hydrogen-bond donors (Lipinski definition) is 0. The van der Waals surface area contributed by atoms with Gasteiger partial charge in [0, 0.05) is 5.75 Å². The van der Waals surface area contributed by atoms with Gasteiger partial charge in [-0.05, 0) is 22.4 Å². The summed E-state index contributed by atoms with van der Waals surface area (Å²) in [6.07, 6.45) is 0. The summed E-state index contributed by atoms with van der Waals surface area (Å²) < 4.78 is 0. The molecular weight excluding hydrogens is 190 g/mol. The summed E-state index contributed by atoms with van der Waals surface area (Å²) in [5.74, 6) is 0.590. The molecule has 2 aromatic carbocycles. The summed E-state index contributed by atoms with van der Waals surface area (Å²) >= 11 is 5.04. The number of rotatable bonds is 1. The number of fused-ring (bicyclic) bond motifs is 1. The minimum atomic E-state index is 0.590. The third kappa shape index (κ3) is 1.36. The van der Waals surface area contributed by atoms with Crippen LogP contribution in [0.2, 0.25) is 0 Å². The second kappa shape index (κ2) is 3.73. The fourth-order valence-electron chi connectivity index (χ4n) is 1.58. The molecule has 0 bridgehead atoms. The maximum atomic E-state index is 8.92. The van der Waals surface area contributed by atoms with E-state index in [0.717, 1.165) is 16.3 Å². The van der Waals surface area contributed by atoms with Gasteiger partial charge in [-0.15, -0.1) is 0 Å². The third-order valence-corrected chi connectivity index (χ3v) is 2.60. The summed E-state index contributed by atoms with van der Waals surface area (Å²) in [6, 6.07) is 13.8. The summed E-state index contributed by atoms with van der Waals surface area (Å²) in [4.78, 5) is 0. The van der Waals surface area contributed by atoms with Gasteiger partial charge in [0.05, 0.1) is 11.6 Å². The predicted molar refractivity (Wildman–Crippen MR) is 60.0 cm³/mol. The Hall–Kier alpha value is -1.46. The lowest BCUT2D eigenvalue weighted by Crippen LogP contribution is -1.85. The van der Waals surface area contributed by atoms with Gasteiger partial charge in [-0.2, -0.15) is 5.26 Å². The topological polar surface area (TPSA) is 23.8 Å². The van der Waals surface area contributed by atoms with Crippen molar-refractivity contribution < 1.29 is 0 Å². The van der Waals surface area contributed by atoms with Crippen molar-refractivity contribution in [1.82, 2.24) is 0 Å². The van der Waals surface area contributed by atoms with Crippen molar-refractivity contribution in [3.63, 3.8) is 0 Å². The Morgan fingerprint density at radius 2 is 1.79 bits per heavy atom. The smallest absolute Gasteiger partial charge is 0.0998 e. The van der Waals surface area contributed by atoms with E-state index < -0.39 is 0 Å².